The number of unbranched alkanes of at least 4 members (excludes halogenated alkanes) is 1. The van der Waals surface area contributed by atoms with Crippen LogP contribution in [0.2, 0.25) is 0 Å². The lowest BCUT2D eigenvalue weighted by Crippen LogP contribution is -2.14. The number of ether oxygens (including phenoxy) is 1. The molecule has 1 aromatic heterocycles. The van der Waals surface area contributed by atoms with Crippen molar-refractivity contribution < 1.29 is 9.53 Å². The molecule has 0 aliphatic carbocycles. The molecule has 0 spiro atoms. The summed E-state index contributed by atoms with van der Waals surface area (Å²) in [6.07, 6.45) is 3.94. The monoisotopic (exact) mass is 450 g/mol. The number of anilines is 1. The number of nitrogens with zero attached hydrogens (tertiary/aromatic N) is 3. The molecule has 0 saturated carbocycles. The zero-order chi connectivity index (χ0) is 22.9. The number of carbonyl (C=O) groups excluding carboxylic acids is 1. The molecule has 0 aliphatic heterocycles. The number of amides is 1. The second-order valence-corrected chi connectivity index (χ2v) is 8.51. The Hall–Kier alpha value is -3.06. The zero-order valence-electron chi connectivity index (χ0n) is 18.9. The summed E-state index contributed by atoms with van der Waals surface area (Å²) in [5, 5.41) is 12.3. The van der Waals surface area contributed by atoms with Crippen LogP contribution in [0.4, 0.5) is 5.69 Å². The minimum absolute atomic E-state index is 0.0819. The van der Waals surface area contributed by atoms with E-state index in [4.69, 9.17) is 4.74 Å². The van der Waals surface area contributed by atoms with Gasteiger partial charge in [0.1, 0.15) is 5.75 Å². The molecule has 0 fully saturated rings. The highest BCUT2D eigenvalue weighted by molar-refractivity contribution is 7.99. The number of thioether (sulfide) groups is 1. The lowest BCUT2D eigenvalue weighted by atomic mass is 10.1. The molecule has 168 valence electrons. The van der Waals surface area contributed by atoms with Crippen molar-refractivity contribution in [1.82, 2.24) is 14.8 Å². The number of benzene rings is 2. The summed E-state index contributed by atoms with van der Waals surface area (Å²) in [6, 6.07) is 13.7. The van der Waals surface area contributed by atoms with Crippen LogP contribution in [0, 0.1) is 13.8 Å². The average Bonchev–Trinajstić information content (AvgIpc) is 3.18. The van der Waals surface area contributed by atoms with Gasteiger partial charge in [0.15, 0.2) is 11.0 Å². The van der Waals surface area contributed by atoms with Crippen molar-refractivity contribution in [3.63, 3.8) is 0 Å². The molecule has 0 radical (unpaired) electrons. The van der Waals surface area contributed by atoms with Crippen molar-refractivity contribution in [2.75, 3.05) is 17.7 Å². The Morgan fingerprint density at radius 1 is 1.16 bits per heavy atom. The number of allylic oxidation sites excluding steroid dienone is 1. The first-order valence-corrected chi connectivity index (χ1v) is 11.8. The molecule has 1 heterocycles. The quantitative estimate of drug-likeness (QED) is 0.232. The average molecular weight is 451 g/mol. The van der Waals surface area contributed by atoms with Gasteiger partial charge in [0, 0.05) is 17.8 Å². The number of nitrogens with one attached hydrogen (secondary N) is 1. The third-order valence-electron chi connectivity index (χ3n) is 5.03. The van der Waals surface area contributed by atoms with E-state index in [9.17, 15) is 4.79 Å². The van der Waals surface area contributed by atoms with E-state index in [1.807, 2.05) is 60.9 Å². The van der Waals surface area contributed by atoms with Gasteiger partial charge in [0.25, 0.3) is 0 Å². The molecule has 6 nitrogen and oxygen atoms in total. The molecule has 0 aliphatic rings. The second-order valence-electron chi connectivity index (χ2n) is 7.57. The van der Waals surface area contributed by atoms with E-state index in [2.05, 4.69) is 29.0 Å². The van der Waals surface area contributed by atoms with E-state index in [0.29, 0.717) is 18.3 Å². The lowest BCUT2D eigenvalue weighted by Gasteiger charge is -2.10. The van der Waals surface area contributed by atoms with Gasteiger partial charge in [-0.3, -0.25) is 9.36 Å². The molecule has 0 atom stereocenters. The molecule has 32 heavy (non-hydrogen) atoms. The van der Waals surface area contributed by atoms with Gasteiger partial charge in [-0.2, -0.15) is 0 Å². The Morgan fingerprint density at radius 3 is 2.62 bits per heavy atom. The van der Waals surface area contributed by atoms with E-state index >= 15 is 0 Å². The molecule has 7 heteroatoms. The summed E-state index contributed by atoms with van der Waals surface area (Å²) in [5.41, 5.74) is 4.08. The van der Waals surface area contributed by atoms with Gasteiger partial charge in [-0.25, -0.2) is 0 Å². The van der Waals surface area contributed by atoms with Crippen molar-refractivity contribution in [2.24, 2.45) is 0 Å². The maximum absolute atomic E-state index is 12.5. The van der Waals surface area contributed by atoms with E-state index in [0.717, 1.165) is 41.2 Å². The lowest BCUT2D eigenvalue weighted by molar-refractivity contribution is -0.113. The van der Waals surface area contributed by atoms with Crippen LogP contribution in [-0.2, 0) is 11.3 Å². The summed E-state index contributed by atoms with van der Waals surface area (Å²) in [6.45, 7) is 11.3. The number of aryl methyl sites for hydroxylation is 2. The smallest absolute Gasteiger partial charge is 0.234 e. The normalized spacial score (nSPS) is 10.7. The third kappa shape index (κ3) is 6.23. The molecular weight excluding hydrogens is 420 g/mol. The van der Waals surface area contributed by atoms with E-state index < -0.39 is 0 Å². The van der Waals surface area contributed by atoms with Crippen molar-refractivity contribution in [3.05, 3.63) is 66.2 Å². The minimum atomic E-state index is -0.0819. The first-order valence-electron chi connectivity index (χ1n) is 10.8. The molecule has 2 aromatic carbocycles. The van der Waals surface area contributed by atoms with Crippen LogP contribution < -0.4 is 10.1 Å². The van der Waals surface area contributed by atoms with Crippen LogP contribution in [0.25, 0.3) is 11.4 Å². The van der Waals surface area contributed by atoms with E-state index in [1.165, 1.54) is 17.3 Å². The van der Waals surface area contributed by atoms with Crippen molar-refractivity contribution in [3.8, 4) is 17.1 Å². The van der Waals surface area contributed by atoms with Gasteiger partial charge >= 0.3 is 0 Å². The molecule has 1 amide bonds. The fraction of sp³-hybridized carbons (Fsp3) is 0.320. The van der Waals surface area contributed by atoms with Gasteiger partial charge in [0.2, 0.25) is 5.91 Å². The van der Waals surface area contributed by atoms with Gasteiger partial charge in [0.05, 0.1) is 12.4 Å². The summed E-state index contributed by atoms with van der Waals surface area (Å²) in [4.78, 5) is 12.5. The fourth-order valence-electron chi connectivity index (χ4n) is 3.08. The minimum Gasteiger partial charge on any atom is -0.494 e. The molecule has 0 bridgehead atoms. The summed E-state index contributed by atoms with van der Waals surface area (Å²) >= 11 is 1.36. The number of carbonyl (C=O) groups is 1. The molecule has 1 N–H and O–H groups in total. The summed E-state index contributed by atoms with van der Waals surface area (Å²) in [5.74, 6) is 1.74. The van der Waals surface area contributed by atoms with Gasteiger partial charge in [-0.15, -0.1) is 16.8 Å². The topological polar surface area (TPSA) is 69.0 Å². The van der Waals surface area contributed by atoms with Crippen molar-refractivity contribution in [2.45, 2.75) is 45.3 Å². The van der Waals surface area contributed by atoms with Crippen LogP contribution in [0.5, 0.6) is 5.75 Å². The summed E-state index contributed by atoms with van der Waals surface area (Å²) in [7, 11) is 0. The Labute approximate surface area is 194 Å². The van der Waals surface area contributed by atoms with Crippen LogP contribution in [-0.4, -0.2) is 33.0 Å². The van der Waals surface area contributed by atoms with Crippen LogP contribution in [0.3, 0.4) is 0 Å². The Morgan fingerprint density at radius 2 is 1.94 bits per heavy atom. The Balaban J connectivity index is 1.66. The molecule has 0 unspecified atom stereocenters. The Kier molecular flexibility index (Phi) is 8.50. The molecule has 3 rings (SSSR count). The van der Waals surface area contributed by atoms with Crippen LogP contribution in [0.1, 0.15) is 30.9 Å². The second kappa shape index (κ2) is 11.5. The van der Waals surface area contributed by atoms with Crippen LogP contribution >= 0.6 is 11.8 Å². The predicted molar refractivity (Wildman–Crippen MR) is 131 cm³/mol. The number of hydrogen-bond acceptors (Lipinski definition) is 5. The first kappa shape index (κ1) is 23.6. The van der Waals surface area contributed by atoms with E-state index in [-0.39, 0.29) is 11.7 Å². The van der Waals surface area contributed by atoms with Crippen molar-refractivity contribution in [1.29, 1.82) is 0 Å². The SMILES string of the molecule is C=CCn1c(SCC(=O)Nc2ccc(C)c(C)c2)nnc1-c1ccc(OCCCC)cc1. The van der Waals surface area contributed by atoms with E-state index in [1.54, 1.807) is 6.08 Å². The third-order valence-corrected chi connectivity index (χ3v) is 6.00. The largest absolute Gasteiger partial charge is 0.494 e. The first-order chi connectivity index (χ1) is 15.5. The van der Waals surface area contributed by atoms with Crippen LogP contribution in [0.15, 0.2) is 60.3 Å². The summed E-state index contributed by atoms with van der Waals surface area (Å²) < 4.78 is 7.71. The van der Waals surface area contributed by atoms with Gasteiger partial charge < -0.3 is 10.1 Å². The molecular formula is C25H30N4O2S. The number of hydrogen-bond donors (Lipinski definition) is 1. The molecule has 3 aromatic rings. The highest BCUT2D eigenvalue weighted by atomic mass is 32.2. The fourth-order valence-corrected chi connectivity index (χ4v) is 3.83. The molecule has 0 saturated heterocycles. The number of rotatable bonds is 11. The predicted octanol–water partition coefficient (Wildman–Crippen LogP) is 5.66. The number of aromatic nitrogens is 3. The Bertz CT molecular complexity index is 1060. The van der Waals surface area contributed by atoms with Crippen molar-refractivity contribution >= 4 is 23.4 Å². The van der Waals surface area contributed by atoms with Gasteiger partial charge in [-0.1, -0.05) is 37.2 Å². The maximum Gasteiger partial charge on any atom is 0.234 e. The van der Waals surface area contributed by atoms with Gasteiger partial charge in [-0.05, 0) is 67.8 Å². The highest BCUT2D eigenvalue weighted by Crippen LogP contribution is 2.26. The highest BCUT2D eigenvalue weighted by Gasteiger charge is 2.15. The zero-order valence-corrected chi connectivity index (χ0v) is 19.7. The maximum atomic E-state index is 12.5. The standard InChI is InChI=1S/C25H30N4O2S/c1-5-7-15-31-22-12-9-20(10-13-22)24-27-28-25(29(24)14-6-2)32-17-23(30)26-21-11-8-18(3)19(4)16-21/h6,8-13,16H,2,5,7,14-15,17H2,1,3-4H3,(H,26,30).